The number of allylic oxidation sites excluding steroid dienone is 4. The van der Waals surface area contributed by atoms with Crippen LogP contribution in [0.3, 0.4) is 0 Å². The van der Waals surface area contributed by atoms with Gasteiger partial charge in [-0.05, 0) is 76.8 Å². The summed E-state index contributed by atoms with van der Waals surface area (Å²) in [5.41, 5.74) is 6.94. The van der Waals surface area contributed by atoms with Crippen LogP contribution < -0.4 is 32.6 Å². The molecule has 0 radical (unpaired) electrons. The number of nitrogen functional groups attached to an aromatic ring is 1. The number of benzene rings is 2. The van der Waals surface area contributed by atoms with E-state index in [0.717, 1.165) is 69.3 Å². The molecule has 0 spiro atoms. The van der Waals surface area contributed by atoms with E-state index in [0.29, 0.717) is 26.3 Å². The Balaban J connectivity index is 0.980. The van der Waals surface area contributed by atoms with E-state index in [1.54, 1.807) is 12.2 Å². The van der Waals surface area contributed by atoms with Gasteiger partial charge in [-0.1, -0.05) is 75.2 Å². The molecule has 0 fully saturated rings. The number of nitrogens with one attached hydrogen (secondary N) is 3. The summed E-state index contributed by atoms with van der Waals surface area (Å²) in [4.78, 5) is 40.2. The molecule has 3 aromatic rings. The van der Waals surface area contributed by atoms with E-state index in [1.807, 2.05) is 0 Å². The van der Waals surface area contributed by atoms with Gasteiger partial charge in [-0.15, -0.1) is 0 Å². The van der Waals surface area contributed by atoms with E-state index in [4.69, 9.17) is 10.6 Å². The largest absolute Gasteiger partial charge is 0.362 e. The number of H-pyrrole nitrogens is 1. The number of unbranched alkanes of at least 4 members (excludes halogenated alkanes) is 5. The summed E-state index contributed by atoms with van der Waals surface area (Å²) >= 11 is 0. The molecule has 0 unspecified atom stereocenters. The van der Waals surface area contributed by atoms with Gasteiger partial charge in [0.25, 0.3) is 5.56 Å². The second-order valence-corrected chi connectivity index (χ2v) is 15.7. The monoisotopic (exact) mass is 764 g/mol. The third-order valence-electron chi connectivity index (χ3n) is 11.0. The van der Waals surface area contributed by atoms with Crippen molar-refractivity contribution in [2.75, 3.05) is 50.3 Å². The highest BCUT2D eigenvalue weighted by atomic mass is 16.5. The van der Waals surface area contributed by atoms with E-state index < -0.39 is 11.2 Å². The first-order valence-corrected chi connectivity index (χ1v) is 20.3. The molecule has 1 aromatic heterocycles. The standard InChI is InChI=1S/C45H61N7O4/c1-6-50-37-23-13-11-21-35(37)44(2,3)39(50)25-18-26-40-45(4,5)36-22-12-14-24-38(36)51(40)30-17-9-10-27-41(53)48-29-16-8-7-15-28-47-33-56-31-19-20-34-32-52(46)43(55)49-42(34)54/h11-14,18-26,32,47H,6-10,15-17,27-31,33,46H2,1-5H3,(H-,48,49,53,54,55)/p+1/b20-19+. The van der Waals surface area contributed by atoms with E-state index in [1.165, 1.54) is 40.1 Å². The fraction of sp³-hybridized carbons (Fsp3) is 0.467. The minimum absolute atomic E-state index is 0.0604. The first-order valence-electron chi connectivity index (χ1n) is 20.3. The van der Waals surface area contributed by atoms with Crippen LogP contribution in [0.2, 0.25) is 0 Å². The number of ether oxygens (including phenoxy) is 1. The Labute approximate surface area is 332 Å². The van der Waals surface area contributed by atoms with E-state index in [9.17, 15) is 14.4 Å². The number of hydrogen-bond donors (Lipinski definition) is 4. The average Bonchev–Trinajstić information content (AvgIpc) is 3.53. The number of fused-ring (bicyclic) bond motifs is 2. The molecule has 3 heterocycles. The Hall–Kier alpha value is -5.00. The van der Waals surface area contributed by atoms with Crippen molar-refractivity contribution in [3.63, 3.8) is 0 Å². The molecule has 0 saturated carbocycles. The number of aromatic amines is 1. The zero-order chi connectivity index (χ0) is 40.1. The summed E-state index contributed by atoms with van der Waals surface area (Å²) in [5, 5.41) is 6.34. The number of nitrogens with zero attached hydrogens (tertiary/aromatic N) is 3. The van der Waals surface area contributed by atoms with Gasteiger partial charge >= 0.3 is 5.69 Å². The van der Waals surface area contributed by atoms with Crippen molar-refractivity contribution in [3.05, 3.63) is 122 Å². The van der Waals surface area contributed by atoms with Gasteiger partial charge in [0.05, 0.1) is 24.3 Å². The molecule has 5 N–H and O–H groups in total. The minimum Gasteiger partial charge on any atom is -0.362 e. The SMILES string of the molecule is CCN1/C(=C/C=C/C2=[N+](CCCCCC(=O)NCCCCCCNCOC/C=C/c3cn(N)c(=O)[nH]c3=O)c3ccccc3C2(C)C)C(C)(C)c2ccccc21. The molecule has 11 heteroatoms. The third-order valence-corrected chi connectivity index (χ3v) is 11.0. The van der Waals surface area contributed by atoms with Crippen molar-refractivity contribution in [1.82, 2.24) is 20.3 Å². The number of para-hydroxylation sites is 2. The number of nitrogens with two attached hydrogens (primary N) is 1. The van der Waals surface area contributed by atoms with E-state index in [2.05, 4.69) is 126 Å². The summed E-state index contributed by atoms with van der Waals surface area (Å²) in [5.74, 6) is 5.62. The quantitative estimate of drug-likeness (QED) is 0.0427. The smallest absolute Gasteiger partial charge is 0.346 e. The number of likely N-dealkylation sites (N-methyl/N-ethyl adjacent to an activating group) is 1. The van der Waals surface area contributed by atoms with Gasteiger partial charge in [-0.25, -0.2) is 9.47 Å². The molecule has 5 rings (SSSR count). The van der Waals surface area contributed by atoms with Crippen LogP contribution in [0.5, 0.6) is 0 Å². The van der Waals surface area contributed by atoms with Crippen molar-refractivity contribution < 1.29 is 14.1 Å². The maximum atomic E-state index is 12.6. The van der Waals surface area contributed by atoms with Crippen LogP contribution >= 0.6 is 0 Å². The normalized spacial score (nSPS) is 16.4. The summed E-state index contributed by atoms with van der Waals surface area (Å²) in [7, 11) is 0. The third kappa shape index (κ3) is 10.2. The predicted octanol–water partition coefficient (Wildman–Crippen LogP) is 6.40. The molecule has 0 bridgehead atoms. The van der Waals surface area contributed by atoms with Gasteiger partial charge in [-0.2, -0.15) is 4.58 Å². The highest BCUT2D eigenvalue weighted by molar-refractivity contribution is 6.03. The van der Waals surface area contributed by atoms with Gasteiger partial charge in [0.2, 0.25) is 11.6 Å². The maximum Gasteiger partial charge on any atom is 0.346 e. The number of hydrogen-bond acceptors (Lipinski definition) is 7. The Kier molecular flexibility index (Phi) is 14.9. The molecule has 300 valence electrons. The molecule has 11 nitrogen and oxygen atoms in total. The summed E-state index contributed by atoms with van der Waals surface area (Å²) in [6.07, 6.45) is 19.0. The lowest BCUT2D eigenvalue weighted by atomic mass is 9.81. The molecule has 2 aromatic carbocycles. The van der Waals surface area contributed by atoms with Crippen molar-refractivity contribution >= 4 is 29.1 Å². The van der Waals surface area contributed by atoms with Crippen LogP contribution in [0.4, 0.5) is 11.4 Å². The van der Waals surface area contributed by atoms with E-state index >= 15 is 0 Å². The lowest BCUT2D eigenvalue weighted by molar-refractivity contribution is -0.438. The lowest BCUT2D eigenvalue weighted by Crippen LogP contribution is -2.35. The Bertz CT molecular complexity index is 2050. The van der Waals surface area contributed by atoms with Crippen molar-refractivity contribution in [1.29, 1.82) is 0 Å². The minimum atomic E-state index is -0.658. The number of aromatic nitrogens is 2. The highest BCUT2D eigenvalue weighted by Crippen LogP contribution is 2.47. The molecule has 56 heavy (non-hydrogen) atoms. The van der Waals surface area contributed by atoms with Crippen molar-refractivity contribution in [2.24, 2.45) is 0 Å². The van der Waals surface area contributed by atoms with Gasteiger partial charge in [0.1, 0.15) is 6.54 Å². The summed E-state index contributed by atoms with van der Waals surface area (Å²) in [6, 6.07) is 17.6. The van der Waals surface area contributed by atoms with Gasteiger partial charge in [-0.3, -0.25) is 19.9 Å². The zero-order valence-corrected chi connectivity index (χ0v) is 34.0. The number of anilines is 1. The maximum absolute atomic E-state index is 12.6. The topological polar surface area (TPSA) is 137 Å². The molecule has 2 aliphatic heterocycles. The summed E-state index contributed by atoms with van der Waals surface area (Å²) < 4.78 is 8.83. The van der Waals surface area contributed by atoms with Crippen molar-refractivity contribution in [2.45, 2.75) is 96.8 Å². The fourth-order valence-corrected chi connectivity index (χ4v) is 7.94. The number of carbonyl (C=O) groups excluding carboxylic acids is 1. The Morgan fingerprint density at radius 1 is 0.893 bits per heavy atom. The second kappa shape index (κ2) is 19.7. The highest BCUT2D eigenvalue weighted by Gasteiger charge is 2.44. The Morgan fingerprint density at radius 3 is 2.39 bits per heavy atom. The van der Waals surface area contributed by atoms with Crippen LogP contribution in [0.25, 0.3) is 6.08 Å². The number of amides is 1. The molecule has 1 amide bonds. The van der Waals surface area contributed by atoms with Crippen molar-refractivity contribution in [3.8, 4) is 0 Å². The van der Waals surface area contributed by atoms with Crippen LogP contribution in [0.1, 0.15) is 103 Å². The second-order valence-electron chi connectivity index (χ2n) is 15.7. The zero-order valence-electron chi connectivity index (χ0n) is 34.0. The van der Waals surface area contributed by atoms with Crippen LogP contribution in [0.15, 0.2) is 94.3 Å². The molecule has 0 aliphatic carbocycles. The predicted molar refractivity (Wildman–Crippen MR) is 228 cm³/mol. The first kappa shape index (κ1) is 42.1. The fourth-order valence-electron chi connectivity index (χ4n) is 7.94. The molecular formula is C45H62N7O4+. The van der Waals surface area contributed by atoms with Gasteiger partial charge in [0, 0.05) is 66.6 Å². The molecular weight excluding hydrogens is 703 g/mol. The lowest BCUT2D eigenvalue weighted by Gasteiger charge is -2.25. The first-order chi connectivity index (χ1) is 27.0. The van der Waals surface area contributed by atoms with Crippen LogP contribution in [0, 0.1) is 0 Å². The molecule has 0 atom stereocenters. The molecule has 2 aliphatic rings. The van der Waals surface area contributed by atoms with Crippen LogP contribution in [-0.2, 0) is 20.4 Å². The van der Waals surface area contributed by atoms with Gasteiger partial charge in [0.15, 0.2) is 5.71 Å². The molecule has 0 saturated heterocycles. The summed E-state index contributed by atoms with van der Waals surface area (Å²) in [6.45, 7) is 15.7. The number of carbonyl (C=O) groups is 1. The van der Waals surface area contributed by atoms with Gasteiger partial charge < -0.3 is 20.8 Å². The number of rotatable bonds is 21. The average molecular weight is 765 g/mol. The van der Waals surface area contributed by atoms with Crippen LogP contribution in [-0.4, -0.2) is 65.4 Å². The Morgan fingerprint density at radius 2 is 1.61 bits per heavy atom. The van der Waals surface area contributed by atoms with E-state index in [-0.39, 0.29) is 22.3 Å².